The number of benzene rings is 3. The smallest absolute Gasteiger partial charge is 0.264 e. The minimum absolute atomic E-state index is 0.0497. The molecule has 34 heavy (non-hydrogen) atoms. The van der Waals surface area contributed by atoms with Gasteiger partial charge >= 0.3 is 0 Å². The van der Waals surface area contributed by atoms with E-state index in [-0.39, 0.29) is 29.5 Å². The van der Waals surface area contributed by atoms with Gasteiger partial charge in [-0.2, -0.15) is 0 Å². The van der Waals surface area contributed by atoms with Crippen molar-refractivity contribution in [1.82, 2.24) is 0 Å². The molecule has 1 aliphatic heterocycles. The number of hydrogen-bond acceptors (Lipinski definition) is 6. The van der Waals surface area contributed by atoms with Crippen molar-refractivity contribution in [1.29, 1.82) is 0 Å². The summed E-state index contributed by atoms with van der Waals surface area (Å²) in [6, 6.07) is 18.6. The third kappa shape index (κ3) is 4.94. The number of ether oxygens (including phenoxy) is 3. The molecule has 0 unspecified atom stereocenters. The van der Waals surface area contributed by atoms with E-state index in [2.05, 4.69) is 5.32 Å². The number of methoxy groups -OCH3 is 1. The lowest BCUT2D eigenvalue weighted by molar-refractivity contribution is -0.115. The van der Waals surface area contributed by atoms with E-state index >= 15 is 0 Å². The minimum atomic E-state index is -3.86. The number of anilines is 2. The number of amides is 1. The average Bonchev–Trinajstić information content (AvgIpc) is 2.85. The average molecular weight is 483 g/mol. The van der Waals surface area contributed by atoms with Crippen LogP contribution < -0.4 is 23.8 Å². The van der Waals surface area contributed by atoms with Crippen LogP contribution in [0.1, 0.15) is 12.5 Å². The van der Waals surface area contributed by atoms with Gasteiger partial charge in [0.2, 0.25) is 5.91 Å². The maximum Gasteiger partial charge on any atom is 0.264 e. The Bertz CT molecular complexity index is 1280. The van der Waals surface area contributed by atoms with Gasteiger partial charge in [-0.05, 0) is 55.0 Å². The van der Waals surface area contributed by atoms with Crippen molar-refractivity contribution in [3.8, 4) is 17.2 Å². The van der Waals surface area contributed by atoms with Crippen LogP contribution >= 0.6 is 0 Å². The van der Waals surface area contributed by atoms with Gasteiger partial charge in [-0.15, -0.1) is 0 Å². The van der Waals surface area contributed by atoms with Crippen molar-refractivity contribution in [3.05, 3.63) is 72.3 Å². The summed E-state index contributed by atoms with van der Waals surface area (Å²) in [7, 11) is -2.40. The Kier molecular flexibility index (Phi) is 6.93. The first-order valence-electron chi connectivity index (χ1n) is 10.9. The molecule has 0 bridgehead atoms. The van der Waals surface area contributed by atoms with Crippen molar-refractivity contribution in [2.24, 2.45) is 0 Å². The fourth-order valence-corrected chi connectivity index (χ4v) is 5.24. The lowest BCUT2D eigenvalue weighted by Gasteiger charge is -2.23. The van der Waals surface area contributed by atoms with Crippen LogP contribution in [0.3, 0.4) is 0 Å². The fraction of sp³-hybridized carbons (Fsp3) is 0.240. The van der Waals surface area contributed by atoms with E-state index in [9.17, 15) is 13.2 Å². The SMILES string of the molecule is CCN(c1ccccc1)S(=O)(=O)c1ccc(OC)c(NC(=O)Cc2ccc3c(c2)OCCO3)c1. The minimum Gasteiger partial charge on any atom is -0.495 e. The predicted octanol–water partition coefficient (Wildman–Crippen LogP) is 3.86. The Morgan fingerprint density at radius 2 is 1.74 bits per heavy atom. The highest BCUT2D eigenvalue weighted by Crippen LogP contribution is 2.32. The van der Waals surface area contributed by atoms with Crippen LogP contribution in [0.25, 0.3) is 0 Å². The third-order valence-electron chi connectivity index (χ3n) is 5.34. The molecule has 1 N–H and O–H groups in total. The number of para-hydroxylation sites is 1. The highest BCUT2D eigenvalue weighted by Gasteiger charge is 2.25. The molecule has 0 saturated carbocycles. The third-order valence-corrected chi connectivity index (χ3v) is 7.23. The van der Waals surface area contributed by atoms with Gasteiger partial charge in [-0.1, -0.05) is 24.3 Å². The highest BCUT2D eigenvalue weighted by atomic mass is 32.2. The lowest BCUT2D eigenvalue weighted by atomic mass is 10.1. The van der Waals surface area contributed by atoms with Gasteiger partial charge in [0.25, 0.3) is 10.0 Å². The Labute approximate surface area is 199 Å². The number of carbonyl (C=O) groups is 1. The lowest BCUT2D eigenvalue weighted by Crippen LogP contribution is -2.30. The molecule has 0 saturated heterocycles. The van der Waals surface area contributed by atoms with Crippen LogP contribution in [0, 0.1) is 0 Å². The van der Waals surface area contributed by atoms with Gasteiger partial charge in [0.1, 0.15) is 19.0 Å². The highest BCUT2D eigenvalue weighted by molar-refractivity contribution is 7.92. The Balaban J connectivity index is 1.57. The molecular weight excluding hydrogens is 456 g/mol. The molecule has 0 fully saturated rings. The Morgan fingerprint density at radius 3 is 2.44 bits per heavy atom. The van der Waals surface area contributed by atoms with Crippen molar-refractivity contribution < 1.29 is 27.4 Å². The van der Waals surface area contributed by atoms with Crippen LogP contribution in [0.2, 0.25) is 0 Å². The largest absolute Gasteiger partial charge is 0.495 e. The summed E-state index contributed by atoms with van der Waals surface area (Å²) in [4.78, 5) is 12.8. The van der Waals surface area contributed by atoms with Crippen molar-refractivity contribution in [2.45, 2.75) is 18.2 Å². The summed E-state index contributed by atoms with van der Waals surface area (Å²) >= 11 is 0. The zero-order chi connectivity index (χ0) is 24.1. The standard InChI is InChI=1S/C25H26N2O6S/c1-3-27(19-7-5-4-6-8-19)34(29,30)20-10-12-22(31-2)21(17-20)26-25(28)16-18-9-11-23-24(15-18)33-14-13-32-23/h4-12,15,17H,3,13-14,16H2,1-2H3,(H,26,28). The van der Waals surface area contributed by atoms with Crippen LogP contribution in [0.15, 0.2) is 71.6 Å². The molecule has 0 spiro atoms. The molecule has 1 heterocycles. The fourth-order valence-electron chi connectivity index (χ4n) is 3.74. The summed E-state index contributed by atoms with van der Waals surface area (Å²) in [5.41, 5.74) is 1.57. The number of sulfonamides is 1. The van der Waals surface area contributed by atoms with E-state index in [1.165, 1.54) is 29.6 Å². The molecule has 0 radical (unpaired) electrons. The molecule has 1 aliphatic rings. The number of fused-ring (bicyclic) bond motifs is 1. The molecular formula is C25H26N2O6S. The molecule has 1 amide bonds. The number of nitrogens with one attached hydrogen (secondary N) is 1. The van der Waals surface area contributed by atoms with Gasteiger partial charge in [0.15, 0.2) is 11.5 Å². The van der Waals surface area contributed by atoms with E-state index < -0.39 is 10.0 Å². The number of nitrogens with zero attached hydrogens (tertiary/aromatic N) is 1. The molecule has 0 aliphatic carbocycles. The second-order valence-corrected chi connectivity index (χ2v) is 9.43. The molecule has 0 aromatic heterocycles. The zero-order valence-corrected chi connectivity index (χ0v) is 19.8. The van der Waals surface area contributed by atoms with Gasteiger partial charge in [0.05, 0.1) is 29.8 Å². The quantitative estimate of drug-likeness (QED) is 0.524. The van der Waals surface area contributed by atoms with Crippen LogP contribution in [-0.4, -0.2) is 41.2 Å². The summed E-state index contributed by atoms with van der Waals surface area (Å²) in [6.07, 6.45) is 0.0713. The molecule has 178 valence electrons. The van der Waals surface area contributed by atoms with Crippen molar-refractivity contribution >= 4 is 27.3 Å². The van der Waals surface area contributed by atoms with Gasteiger partial charge in [-0.25, -0.2) is 8.42 Å². The zero-order valence-electron chi connectivity index (χ0n) is 19.0. The summed E-state index contributed by atoms with van der Waals surface area (Å²) < 4.78 is 44.5. The maximum atomic E-state index is 13.4. The number of rotatable bonds is 8. The van der Waals surface area contributed by atoms with Crippen LogP contribution in [0.5, 0.6) is 17.2 Å². The van der Waals surface area contributed by atoms with Crippen LogP contribution in [0.4, 0.5) is 11.4 Å². The van der Waals surface area contributed by atoms with E-state index in [4.69, 9.17) is 14.2 Å². The molecule has 8 nitrogen and oxygen atoms in total. The first-order chi connectivity index (χ1) is 16.4. The Morgan fingerprint density at radius 1 is 1.00 bits per heavy atom. The topological polar surface area (TPSA) is 94.2 Å². The van der Waals surface area contributed by atoms with Crippen LogP contribution in [-0.2, 0) is 21.2 Å². The Hall–Kier alpha value is -3.72. The summed E-state index contributed by atoms with van der Waals surface area (Å²) in [5.74, 6) is 1.29. The summed E-state index contributed by atoms with van der Waals surface area (Å²) in [6.45, 7) is 2.97. The molecule has 4 rings (SSSR count). The maximum absolute atomic E-state index is 13.4. The normalized spacial score (nSPS) is 12.6. The monoisotopic (exact) mass is 482 g/mol. The van der Waals surface area contributed by atoms with E-state index in [1.54, 1.807) is 49.4 Å². The van der Waals surface area contributed by atoms with Gasteiger partial charge in [-0.3, -0.25) is 9.10 Å². The summed E-state index contributed by atoms with van der Waals surface area (Å²) in [5, 5.41) is 2.78. The second-order valence-electron chi connectivity index (χ2n) is 7.57. The van der Waals surface area contributed by atoms with Crippen molar-refractivity contribution in [3.63, 3.8) is 0 Å². The molecule has 3 aromatic carbocycles. The molecule has 9 heteroatoms. The number of carbonyl (C=O) groups excluding carboxylic acids is 1. The van der Waals surface area contributed by atoms with E-state index in [0.29, 0.717) is 36.1 Å². The first-order valence-corrected chi connectivity index (χ1v) is 12.3. The first kappa shape index (κ1) is 23.4. The molecule has 3 aromatic rings. The van der Waals surface area contributed by atoms with E-state index in [0.717, 1.165) is 5.56 Å². The van der Waals surface area contributed by atoms with Gasteiger partial charge in [0, 0.05) is 6.54 Å². The predicted molar refractivity (Wildman–Crippen MR) is 129 cm³/mol. The van der Waals surface area contributed by atoms with E-state index in [1.807, 2.05) is 6.07 Å². The van der Waals surface area contributed by atoms with Gasteiger partial charge < -0.3 is 19.5 Å². The van der Waals surface area contributed by atoms with Crippen molar-refractivity contribution in [2.75, 3.05) is 36.5 Å². The molecule has 0 atom stereocenters. The number of hydrogen-bond donors (Lipinski definition) is 1. The second kappa shape index (κ2) is 10.0.